The van der Waals surface area contributed by atoms with Crippen LogP contribution >= 0.6 is 0 Å². The van der Waals surface area contributed by atoms with E-state index in [0.29, 0.717) is 19.8 Å². The van der Waals surface area contributed by atoms with Crippen molar-refractivity contribution in [3.8, 4) is 0 Å². The number of ether oxygens (including phenoxy) is 1. The van der Waals surface area contributed by atoms with Crippen LogP contribution in [0.3, 0.4) is 0 Å². The summed E-state index contributed by atoms with van der Waals surface area (Å²) in [6.45, 7) is 10.6. The van der Waals surface area contributed by atoms with Gasteiger partial charge in [0.25, 0.3) is 0 Å². The molecule has 5 heteroatoms. The summed E-state index contributed by atoms with van der Waals surface area (Å²) >= 11 is 0. The fourth-order valence-electron chi connectivity index (χ4n) is 2.33. The molecule has 4 nitrogen and oxygen atoms in total. The van der Waals surface area contributed by atoms with Gasteiger partial charge in [0.1, 0.15) is 5.22 Å². The molecule has 1 heterocycles. The van der Waals surface area contributed by atoms with Gasteiger partial charge in [-0.25, -0.2) is 0 Å². The van der Waals surface area contributed by atoms with Gasteiger partial charge in [0.05, 0.1) is 0 Å². The van der Waals surface area contributed by atoms with Gasteiger partial charge < -0.3 is 18.0 Å². The quantitative estimate of drug-likeness (QED) is 0.661. The zero-order valence-corrected chi connectivity index (χ0v) is 12.6. The Kier molecular flexibility index (Phi) is 6.09. The fourth-order valence-corrected chi connectivity index (χ4v) is 5.40. The van der Waals surface area contributed by atoms with Crippen LogP contribution in [0, 0.1) is 0 Å². The molecule has 102 valence electrons. The third kappa shape index (κ3) is 3.29. The molecule has 0 aromatic heterocycles. The van der Waals surface area contributed by atoms with Crippen LogP contribution in [0.25, 0.3) is 0 Å². The van der Waals surface area contributed by atoms with Crippen molar-refractivity contribution >= 4 is 8.80 Å². The molecule has 0 amide bonds. The number of hydrogen-bond donors (Lipinski definition) is 0. The molecule has 17 heavy (non-hydrogen) atoms. The highest BCUT2D eigenvalue weighted by Gasteiger charge is 2.60. The number of rotatable bonds is 7. The van der Waals surface area contributed by atoms with Crippen molar-refractivity contribution in [2.75, 3.05) is 26.4 Å². The van der Waals surface area contributed by atoms with Crippen LogP contribution in [0.15, 0.2) is 0 Å². The molecular formula is C12H26O4Si. The van der Waals surface area contributed by atoms with E-state index in [1.54, 1.807) is 0 Å². The Bertz CT molecular complexity index is 200. The molecule has 0 aromatic rings. The lowest BCUT2D eigenvalue weighted by molar-refractivity contribution is -0.0838. The summed E-state index contributed by atoms with van der Waals surface area (Å²) in [5, 5.41) is -0.382. The molecule has 1 saturated heterocycles. The maximum absolute atomic E-state index is 5.98. The zero-order chi connectivity index (χ0) is 12.8. The Hall–Kier alpha value is 0.0569. The van der Waals surface area contributed by atoms with E-state index >= 15 is 0 Å². The second-order valence-electron chi connectivity index (χ2n) is 4.39. The minimum Gasteiger partial charge on any atom is -0.372 e. The lowest BCUT2D eigenvalue weighted by Crippen LogP contribution is -2.66. The second-order valence-corrected chi connectivity index (χ2v) is 7.43. The van der Waals surface area contributed by atoms with Crippen molar-refractivity contribution in [3.63, 3.8) is 0 Å². The lowest BCUT2D eigenvalue weighted by atomic mass is 10.1. The molecule has 1 atom stereocenters. The molecule has 0 spiro atoms. The molecule has 0 N–H and O–H groups in total. The third-order valence-electron chi connectivity index (χ3n) is 3.12. The van der Waals surface area contributed by atoms with E-state index in [1.807, 2.05) is 20.8 Å². The first kappa shape index (κ1) is 15.1. The summed E-state index contributed by atoms with van der Waals surface area (Å²) in [4.78, 5) is 0. The highest BCUT2D eigenvalue weighted by molar-refractivity contribution is 6.64. The molecule has 0 radical (unpaired) electrons. The molecule has 1 rings (SSSR count). The zero-order valence-electron chi connectivity index (χ0n) is 11.6. The largest absolute Gasteiger partial charge is 0.534 e. The maximum atomic E-state index is 5.98. The van der Waals surface area contributed by atoms with Gasteiger partial charge in [-0.1, -0.05) is 0 Å². The molecule has 1 aliphatic heterocycles. The summed E-state index contributed by atoms with van der Waals surface area (Å²) in [6, 6.07) is 0. The average Bonchev–Trinajstić information content (AvgIpc) is 2.31. The van der Waals surface area contributed by atoms with E-state index in [0.717, 1.165) is 25.9 Å². The van der Waals surface area contributed by atoms with Crippen molar-refractivity contribution in [1.82, 2.24) is 0 Å². The topological polar surface area (TPSA) is 36.9 Å². The Balaban J connectivity index is 2.90. The number of hydrogen-bond acceptors (Lipinski definition) is 4. The summed E-state index contributed by atoms with van der Waals surface area (Å²) in [7, 11) is -2.74. The first-order chi connectivity index (χ1) is 8.14. The Morgan fingerprint density at radius 1 is 1.00 bits per heavy atom. The van der Waals surface area contributed by atoms with Gasteiger partial charge in [-0.2, -0.15) is 0 Å². The summed E-state index contributed by atoms with van der Waals surface area (Å²) in [5.41, 5.74) is 0. The minimum atomic E-state index is -2.74. The molecule has 0 aromatic carbocycles. The van der Waals surface area contributed by atoms with E-state index in [1.165, 1.54) is 0 Å². The Morgan fingerprint density at radius 2 is 1.53 bits per heavy atom. The fraction of sp³-hybridized carbons (Fsp3) is 1.00. The van der Waals surface area contributed by atoms with Gasteiger partial charge in [-0.3, -0.25) is 0 Å². The Labute approximate surface area is 106 Å². The van der Waals surface area contributed by atoms with Gasteiger partial charge in [0.2, 0.25) is 0 Å². The molecule has 1 aliphatic rings. The van der Waals surface area contributed by atoms with Gasteiger partial charge in [-0.05, 0) is 47.0 Å². The highest BCUT2D eigenvalue weighted by atomic mass is 28.4. The summed E-state index contributed by atoms with van der Waals surface area (Å²) in [5.74, 6) is 0. The SMILES string of the molecule is CCO[Si](OCC)(OCC)C1(C)CCCCO1. The molecule has 1 unspecified atom stereocenters. The molecule has 0 saturated carbocycles. The van der Waals surface area contributed by atoms with Crippen LogP contribution in [0.2, 0.25) is 0 Å². The van der Waals surface area contributed by atoms with E-state index < -0.39 is 8.80 Å². The van der Waals surface area contributed by atoms with E-state index in [9.17, 15) is 0 Å². The highest BCUT2D eigenvalue weighted by Crippen LogP contribution is 2.35. The molecular weight excluding hydrogens is 236 g/mol. The molecule has 0 aliphatic carbocycles. The van der Waals surface area contributed by atoms with Crippen molar-refractivity contribution in [2.45, 2.75) is 52.2 Å². The maximum Gasteiger partial charge on any atom is 0.534 e. The molecule has 0 bridgehead atoms. The predicted octanol–water partition coefficient (Wildman–Crippen LogP) is 2.53. The Morgan fingerprint density at radius 3 is 1.88 bits per heavy atom. The first-order valence-corrected chi connectivity index (χ1v) is 8.42. The third-order valence-corrected chi connectivity index (χ3v) is 6.82. The molecule has 1 fully saturated rings. The van der Waals surface area contributed by atoms with Crippen molar-refractivity contribution in [3.05, 3.63) is 0 Å². The average molecular weight is 262 g/mol. The van der Waals surface area contributed by atoms with E-state index in [4.69, 9.17) is 18.0 Å². The normalized spacial score (nSPS) is 26.1. The summed E-state index contributed by atoms with van der Waals surface area (Å²) in [6.07, 6.45) is 3.22. The van der Waals surface area contributed by atoms with Crippen LogP contribution < -0.4 is 0 Å². The van der Waals surface area contributed by atoms with Gasteiger partial charge in [0.15, 0.2) is 0 Å². The van der Waals surface area contributed by atoms with Gasteiger partial charge in [-0.15, -0.1) is 0 Å². The van der Waals surface area contributed by atoms with Gasteiger partial charge in [0, 0.05) is 26.4 Å². The predicted molar refractivity (Wildman–Crippen MR) is 68.8 cm³/mol. The standard InChI is InChI=1S/C12H26O4Si/c1-5-14-17(15-6-2,16-7-3)12(4)10-8-9-11-13-12/h5-11H2,1-4H3. The van der Waals surface area contributed by atoms with Gasteiger partial charge >= 0.3 is 8.80 Å². The first-order valence-electron chi connectivity index (χ1n) is 6.70. The second kappa shape index (κ2) is 6.85. The van der Waals surface area contributed by atoms with E-state index in [2.05, 4.69) is 6.92 Å². The minimum absolute atomic E-state index is 0.382. The van der Waals surface area contributed by atoms with Crippen molar-refractivity contribution < 1.29 is 18.0 Å². The van der Waals surface area contributed by atoms with Crippen LogP contribution in [-0.4, -0.2) is 40.5 Å². The lowest BCUT2D eigenvalue weighted by Gasteiger charge is -2.44. The van der Waals surface area contributed by atoms with E-state index in [-0.39, 0.29) is 5.22 Å². The summed E-state index contributed by atoms with van der Waals surface area (Å²) < 4.78 is 23.7. The van der Waals surface area contributed by atoms with Crippen LogP contribution in [-0.2, 0) is 18.0 Å². The van der Waals surface area contributed by atoms with Crippen LogP contribution in [0.5, 0.6) is 0 Å². The monoisotopic (exact) mass is 262 g/mol. The van der Waals surface area contributed by atoms with Crippen molar-refractivity contribution in [1.29, 1.82) is 0 Å². The van der Waals surface area contributed by atoms with Crippen molar-refractivity contribution in [2.24, 2.45) is 0 Å². The van der Waals surface area contributed by atoms with Crippen LogP contribution in [0.1, 0.15) is 47.0 Å². The van der Waals surface area contributed by atoms with Crippen LogP contribution in [0.4, 0.5) is 0 Å². The smallest absolute Gasteiger partial charge is 0.372 e.